The van der Waals surface area contributed by atoms with Gasteiger partial charge in [-0.05, 0) is 54.8 Å². The summed E-state index contributed by atoms with van der Waals surface area (Å²) in [5.41, 5.74) is 3.32. The molecule has 2 heterocycles. The van der Waals surface area contributed by atoms with Gasteiger partial charge in [-0.1, -0.05) is 31.4 Å². The second-order valence-corrected chi connectivity index (χ2v) is 9.71. The first kappa shape index (κ1) is 26.0. The van der Waals surface area contributed by atoms with Gasteiger partial charge in [0.2, 0.25) is 0 Å². The molecule has 0 radical (unpaired) electrons. The van der Waals surface area contributed by atoms with E-state index in [1.165, 1.54) is 6.42 Å². The second kappa shape index (κ2) is 11.4. The minimum atomic E-state index is -1.20. The molecule has 2 aromatic heterocycles. The number of hydrogen-bond acceptors (Lipinski definition) is 6. The van der Waals surface area contributed by atoms with E-state index in [1.54, 1.807) is 48.9 Å². The maximum absolute atomic E-state index is 13.1. The van der Waals surface area contributed by atoms with Crippen molar-refractivity contribution in [2.24, 2.45) is 0 Å². The third kappa shape index (κ3) is 5.95. The van der Waals surface area contributed by atoms with Crippen molar-refractivity contribution in [3.8, 4) is 17.1 Å². The number of aliphatic carboxylic acids is 2. The number of carbonyl (C=O) groups excluding carboxylic acids is 1. The Hall–Kier alpha value is -4.60. The molecular formula is C29H29N3O7. The van der Waals surface area contributed by atoms with Gasteiger partial charge in [0.15, 0.2) is 6.61 Å². The van der Waals surface area contributed by atoms with Crippen LogP contribution in [-0.2, 0) is 16.0 Å². The monoisotopic (exact) mass is 531 g/mol. The first-order valence-corrected chi connectivity index (χ1v) is 12.9. The number of ether oxygens (including phenoxy) is 1. The van der Waals surface area contributed by atoms with Crippen LogP contribution in [-0.4, -0.2) is 50.3 Å². The number of nitrogens with one attached hydrogen (secondary N) is 1. The van der Waals surface area contributed by atoms with Gasteiger partial charge in [0.05, 0.1) is 22.9 Å². The van der Waals surface area contributed by atoms with Crippen LogP contribution < -0.4 is 10.1 Å². The fraction of sp³-hybridized carbons (Fsp3) is 0.310. The van der Waals surface area contributed by atoms with Crippen LogP contribution >= 0.6 is 0 Å². The van der Waals surface area contributed by atoms with Crippen molar-refractivity contribution >= 4 is 28.9 Å². The van der Waals surface area contributed by atoms with Crippen LogP contribution in [0.5, 0.6) is 5.75 Å². The van der Waals surface area contributed by atoms with Crippen LogP contribution in [0, 0.1) is 0 Å². The molecule has 1 aliphatic carbocycles. The Labute approximate surface area is 224 Å². The zero-order valence-corrected chi connectivity index (χ0v) is 21.2. The molecule has 1 fully saturated rings. The van der Waals surface area contributed by atoms with E-state index in [1.807, 2.05) is 12.1 Å². The Morgan fingerprint density at radius 1 is 1.08 bits per heavy atom. The highest BCUT2D eigenvalue weighted by atomic mass is 16.5. The zero-order valence-electron chi connectivity index (χ0n) is 21.2. The number of rotatable bonds is 10. The van der Waals surface area contributed by atoms with Gasteiger partial charge in [-0.15, -0.1) is 0 Å². The largest absolute Gasteiger partial charge is 0.482 e. The van der Waals surface area contributed by atoms with E-state index in [0.29, 0.717) is 28.4 Å². The molecule has 10 nitrogen and oxygen atoms in total. The molecule has 3 N–H and O–H groups in total. The summed E-state index contributed by atoms with van der Waals surface area (Å²) in [5, 5.41) is 21.2. The SMILES string of the molecule is O=C(O)COc1cccc(CC(NC(=O)c2ccc3c(c2)nc(-c2ccoc2)n3C2CCCCC2)C(=O)O)c1. The minimum absolute atomic E-state index is 0.00542. The van der Waals surface area contributed by atoms with Crippen molar-refractivity contribution in [2.75, 3.05) is 6.61 Å². The average Bonchev–Trinajstić information content (AvgIpc) is 3.60. The van der Waals surface area contributed by atoms with E-state index in [4.69, 9.17) is 19.2 Å². The molecule has 202 valence electrons. The molecule has 39 heavy (non-hydrogen) atoms. The third-order valence-corrected chi connectivity index (χ3v) is 6.97. The van der Waals surface area contributed by atoms with E-state index in [9.17, 15) is 19.5 Å². The Bertz CT molecular complexity index is 1490. The Balaban J connectivity index is 1.38. The summed E-state index contributed by atoms with van der Waals surface area (Å²) in [6.07, 6.45) is 8.91. The lowest BCUT2D eigenvalue weighted by molar-refractivity contribution is -0.140. The Morgan fingerprint density at radius 3 is 2.62 bits per heavy atom. The van der Waals surface area contributed by atoms with Gasteiger partial charge in [0.1, 0.15) is 23.9 Å². The van der Waals surface area contributed by atoms with Crippen LogP contribution in [0.3, 0.4) is 0 Å². The van der Waals surface area contributed by atoms with E-state index in [2.05, 4.69) is 9.88 Å². The molecule has 0 spiro atoms. The lowest BCUT2D eigenvalue weighted by Gasteiger charge is -2.25. The van der Waals surface area contributed by atoms with Crippen LogP contribution in [0.15, 0.2) is 65.5 Å². The fourth-order valence-electron chi connectivity index (χ4n) is 5.13. The highest BCUT2D eigenvalue weighted by Gasteiger charge is 2.25. The summed E-state index contributed by atoms with van der Waals surface area (Å²) >= 11 is 0. The predicted molar refractivity (Wildman–Crippen MR) is 142 cm³/mol. The van der Waals surface area contributed by atoms with Crippen LogP contribution in [0.1, 0.15) is 54.1 Å². The maximum atomic E-state index is 13.1. The average molecular weight is 532 g/mol. The van der Waals surface area contributed by atoms with Crippen molar-refractivity contribution in [2.45, 2.75) is 50.6 Å². The normalized spacial score (nSPS) is 14.7. The van der Waals surface area contributed by atoms with Crippen molar-refractivity contribution < 1.29 is 33.8 Å². The number of carbonyl (C=O) groups is 3. The highest BCUT2D eigenvalue weighted by molar-refractivity contribution is 5.99. The van der Waals surface area contributed by atoms with E-state index in [-0.39, 0.29) is 6.42 Å². The van der Waals surface area contributed by atoms with Crippen LogP contribution in [0.4, 0.5) is 0 Å². The summed E-state index contributed by atoms with van der Waals surface area (Å²) < 4.78 is 12.7. The number of furan rings is 1. The van der Waals surface area contributed by atoms with Gasteiger partial charge in [-0.25, -0.2) is 14.6 Å². The van der Waals surface area contributed by atoms with Crippen LogP contribution in [0.25, 0.3) is 22.4 Å². The molecule has 1 saturated carbocycles. The molecule has 1 unspecified atom stereocenters. The Morgan fingerprint density at radius 2 is 1.90 bits per heavy atom. The number of carboxylic acid groups (broad SMARTS) is 2. The third-order valence-electron chi connectivity index (χ3n) is 6.97. The zero-order chi connectivity index (χ0) is 27.4. The lowest BCUT2D eigenvalue weighted by Crippen LogP contribution is -2.42. The van der Waals surface area contributed by atoms with E-state index in [0.717, 1.165) is 42.6 Å². The van der Waals surface area contributed by atoms with Crippen molar-refractivity contribution in [1.29, 1.82) is 0 Å². The van der Waals surface area contributed by atoms with Gasteiger partial charge in [0, 0.05) is 18.0 Å². The minimum Gasteiger partial charge on any atom is -0.482 e. The van der Waals surface area contributed by atoms with Crippen LogP contribution in [0.2, 0.25) is 0 Å². The Kier molecular flexibility index (Phi) is 7.62. The number of benzene rings is 2. The lowest BCUT2D eigenvalue weighted by atomic mass is 9.95. The first-order chi connectivity index (χ1) is 18.9. The van der Waals surface area contributed by atoms with Crippen molar-refractivity contribution in [1.82, 2.24) is 14.9 Å². The predicted octanol–water partition coefficient (Wildman–Crippen LogP) is 4.69. The fourth-order valence-corrected chi connectivity index (χ4v) is 5.13. The summed E-state index contributed by atoms with van der Waals surface area (Å²) in [6, 6.07) is 12.7. The van der Waals surface area contributed by atoms with Gasteiger partial charge < -0.3 is 29.3 Å². The quantitative estimate of drug-likeness (QED) is 0.267. The molecule has 1 amide bonds. The number of aromatic nitrogens is 2. The summed E-state index contributed by atoms with van der Waals surface area (Å²) in [4.78, 5) is 40.7. The van der Waals surface area contributed by atoms with Crippen molar-refractivity contribution in [3.05, 3.63) is 72.2 Å². The molecular weight excluding hydrogens is 502 g/mol. The first-order valence-electron chi connectivity index (χ1n) is 12.9. The maximum Gasteiger partial charge on any atom is 0.341 e. The number of imidazole rings is 1. The molecule has 2 aromatic carbocycles. The molecule has 0 aliphatic heterocycles. The van der Waals surface area contributed by atoms with Gasteiger partial charge >= 0.3 is 11.9 Å². The second-order valence-electron chi connectivity index (χ2n) is 9.71. The topological polar surface area (TPSA) is 144 Å². The number of hydrogen-bond donors (Lipinski definition) is 3. The molecule has 5 rings (SSSR count). The standard InChI is InChI=1S/C29H29N3O7/c33-26(34)17-39-22-8-4-5-18(13-22)14-24(29(36)37)31-28(35)19-9-10-25-23(15-19)30-27(20-11-12-38-16-20)32(25)21-6-2-1-3-7-21/h4-5,8-13,15-16,21,24H,1-3,6-7,14,17H2,(H,31,35)(H,33,34)(H,36,37). The summed E-state index contributed by atoms with van der Waals surface area (Å²) in [5.74, 6) is -1.74. The molecule has 0 bridgehead atoms. The van der Waals surface area contributed by atoms with Gasteiger partial charge in [-0.2, -0.15) is 0 Å². The van der Waals surface area contributed by atoms with E-state index >= 15 is 0 Å². The number of fused-ring (bicyclic) bond motifs is 1. The van der Waals surface area contributed by atoms with Gasteiger partial charge in [-0.3, -0.25) is 4.79 Å². The summed E-state index contributed by atoms with van der Waals surface area (Å²) in [7, 11) is 0. The molecule has 1 atom stereocenters. The number of carboxylic acids is 2. The van der Waals surface area contributed by atoms with Gasteiger partial charge in [0.25, 0.3) is 5.91 Å². The van der Waals surface area contributed by atoms with Crippen molar-refractivity contribution in [3.63, 3.8) is 0 Å². The smallest absolute Gasteiger partial charge is 0.341 e. The highest BCUT2D eigenvalue weighted by Crippen LogP contribution is 2.36. The van der Waals surface area contributed by atoms with E-state index < -0.39 is 30.5 Å². The molecule has 0 saturated heterocycles. The summed E-state index contributed by atoms with van der Waals surface area (Å²) in [6.45, 7) is -0.510. The molecule has 1 aliphatic rings. The molecule has 4 aromatic rings. The number of amides is 1. The number of nitrogens with zero attached hydrogens (tertiary/aromatic N) is 2. The molecule has 10 heteroatoms.